The van der Waals surface area contributed by atoms with Crippen molar-refractivity contribution >= 4 is 25.0 Å². The van der Waals surface area contributed by atoms with E-state index in [-0.39, 0.29) is 0 Å². The first-order chi connectivity index (χ1) is 3.79. The van der Waals surface area contributed by atoms with E-state index in [1.165, 1.54) is 6.47 Å². The van der Waals surface area contributed by atoms with Crippen LogP contribution in [-0.2, 0) is 12.7 Å². The molecule has 1 rings (SSSR count). The van der Waals surface area contributed by atoms with E-state index in [1.807, 2.05) is 13.1 Å². The summed E-state index contributed by atoms with van der Waals surface area (Å²) in [5.74, 6) is 0. The van der Waals surface area contributed by atoms with Crippen molar-refractivity contribution in [1.29, 1.82) is 0 Å². The van der Waals surface area contributed by atoms with Crippen LogP contribution >= 0.6 is 0 Å². The van der Waals surface area contributed by atoms with Crippen LogP contribution in [0, 0.1) is 0 Å². The van der Waals surface area contributed by atoms with Crippen molar-refractivity contribution in [3.8, 4) is 0 Å². The minimum atomic E-state index is -0.977. The van der Waals surface area contributed by atoms with Gasteiger partial charge in [0.2, 0.25) is 0 Å². The molecule has 0 bridgehead atoms. The molecule has 8 heavy (non-hydrogen) atoms. The van der Waals surface area contributed by atoms with Gasteiger partial charge in [0.1, 0.15) is 0 Å². The molecule has 0 saturated heterocycles. The van der Waals surface area contributed by atoms with Crippen molar-refractivity contribution in [3.63, 3.8) is 0 Å². The van der Waals surface area contributed by atoms with Gasteiger partial charge in [-0.05, 0) is 0 Å². The van der Waals surface area contributed by atoms with Gasteiger partial charge in [0.05, 0.1) is 0 Å². The largest absolute Gasteiger partial charge is 0.621 e. The van der Waals surface area contributed by atoms with E-state index in [9.17, 15) is 0 Å². The van der Waals surface area contributed by atoms with E-state index in [4.69, 9.17) is 12.7 Å². The second kappa shape index (κ2) is 2.43. The summed E-state index contributed by atoms with van der Waals surface area (Å²) in [5, 5.41) is 0. The highest BCUT2D eigenvalue weighted by molar-refractivity contribution is 6.58. The van der Waals surface area contributed by atoms with Gasteiger partial charge in [-0.2, -0.15) is 0 Å². The second-order valence-electron chi connectivity index (χ2n) is 1.42. The summed E-state index contributed by atoms with van der Waals surface area (Å²) in [6.45, 7) is 5.28. The lowest BCUT2D eigenvalue weighted by atomic mass is 11.7. The Balaban J connectivity index is 2.42. The summed E-state index contributed by atoms with van der Waals surface area (Å²) in [5.41, 5.74) is 0. The Hall–Kier alpha value is -0.136. The van der Waals surface area contributed by atoms with Crippen LogP contribution in [0.3, 0.4) is 0 Å². The van der Waals surface area contributed by atoms with Crippen LogP contribution in [-0.4, -0.2) is 25.0 Å². The third kappa shape index (κ3) is 1.43. The van der Waals surface area contributed by atoms with Gasteiger partial charge in [0.15, 0.2) is 0 Å². The van der Waals surface area contributed by atoms with Crippen molar-refractivity contribution in [3.05, 3.63) is 0 Å². The lowest BCUT2D eigenvalue weighted by Crippen LogP contribution is -2.33. The van der Waals surface area contributed by atoms with Gasteiger partial charge >= 0.3 is 25.0 Å². The molecule has 3 nitrogen and oxygen atoms in total. The predicted molar refractivity (Wildman–Crippen MR) is 31.5 cm³/mol. The van der Waals surface area contributed by atoms with E-state index in [0.717, 1.165) is 0 Å². The molecule has 1 aliphatic rings. The third-order valence-corrected chi connectivity index (χ3v) is 3.87. The van der Waals surface area contributed by atoms with Gasteiger partial charge in [-0.15, -0.1) is 0 Å². The molecule has 0 aromatic carbocycles. The van der Waals surface area contributed by atoms with Crippen molar-refractivity contribution in [2.45, 2.75) is 13.1 Å². The fourth-order valence-electron chi connectivity index (χ4n) is 0.410. The van der Waals surface area contributed by atoms with Gasteiger partial charge in [0, 0.05) is 13.1 Å². The quantitative estimate of drug-likeness (QED) is 0.273. The average Bonchev–Trinajstić information content (AvgIpc) is 1.64. The van der Waals surface area contributed by atoms with Gasteiger partial charge < -0.3 is 12.7 Å². The average molecular weight is 147 g/mol. The van der Waals surface area contributed by atoms with Crippen LogP contribution in [0.2, 0.25) is 13.1 Å². The highest BCUT2D eigenvalue weighted by Crippen LogP contribution is 1.94. The first kappa shape index (κ1) is 5.99. The Kier molecular flexibility index (Phi) is 1.82. The van der Waals surface area contributed by atoms with Crippen LogP contribution in [0.25, 0.3) is 0 Å². The predicted octanol–water partition coefficient (Wildman–Crippen LogP) is -0.0387. The molecule has 1 heterocycles. The van der Waals surface area contributed by atoms with Crippen molar-refractivity contribution in [2.24, 2.45) is 0 Å². The highest BCUT2D eigenvalue weighted by Gasteiger charge is 2.33. The fraction of sp³-hybridized carbons (Fsp3) is 0.667. The maximum Gasteiger partial charge on any atom is 0.621 e. The zero-order chi connectivity index (χ0) is 5.98. The topological polar surface area (TPSA) is 29.8 Å². The molecule has 0 aromatic heterocycles. The van der Waals surface area contributed by atoms with E-state index in [0.29, 0.717) is 0 Å². The van der Waals surface area contributed by atoms with E-state index in [1.54, 1.807) is 0 Å². The third-order valence-electron chi connectivity index (χ3n) is 0.716. The smallest absolute Gasteiger partial charge is 0.383 e. The van der Waals surface area contributed by atoms with Gasteiger partial charge in [-0.1, -0.05) is 0 Å². The van der Waals surface area contributed by atoms with Crippen LogP contribution in [0.15, 0.2) is 0 Å². The minimum Gasteiger partial charge on any atom is -0.383 e. The lowest BCUT2D eigenvalue weighted by molar-refractivity contribution is -0.321. The Morgan fingerprint density at radius 1 is 1.50 bits per heavy atom. The number of carbonyl (C=O) groups excluding carboxylic acids is 1. The Morgan fingerprint density at radius 2 is 2.25 bits per heavy atom. The normalized spacial score (nSPS) is 23.2. The Labute approximate surface area is 51.6 Å². The summed E-state index contributed by atoms with van der Waals surface area (Å²) < 4.78 is 15.0. The zero-order valence-corrected chi connectivity index (χ0v) is 6.80. The van der Waals surface area contributed by atoms with Crippen LogP contribution in [0.1, 0.15) is 0 Å². The maximum absolute atomic E-state index is 5.21. The Bertz CT molecular complexity index is 105. The second-order valence-corrected chi connectivity index (χ2v) is 4.67. The van der Waals surface area contributed by atoms with Crippen LogP contribution in [0.4, 0.5) is 0 Å². The van der Waals surface area contributed by atoms with Gasteiger partial charge in [0.25, 0.3) is 0 Å². The lowest BCUT2D eigenvalue weighted by Gasteiger charge is -2.02. The summed E-state index contributed by atoms with van der Waals surface area (Å²) >= 11 is 0. The molecule has 0 amide bonds. The van der Waals surface area contributed by atoms with Crippen molar-refractivity contribution in [2.75, 3.05) is 0 Å². The van der Waals surface area contributed by atoms with Crippen molar-refractivity contribution in [1.82, 2.24) is 0 Å². The number of hydrogen-bond donors (Lipinski definition) is 0. The molecule has 0 saturated carbocycles. The molecular weight excluding hydrogens is 140 g/mol. The molecule has 0 spiro atoms. The minimum absolute atomic E-state index is 0.977. The van der Waals surface area contributed by atoms with Gasteiger partial charge in [-0.3, -0.25) is 0 Å². The van der Waals surface area contributed by atoms with E-state index >= 15 is 0 Å². The fourth-order valence-corrected chi connectivity index (χ4v) is 2.88. The molecule has 0 fully saturated rings. The first-order valence-corrected chi connectivity index (χ1v) is 5.92. The zero-order valence-electron chi connectivity index (χ0n) is 4.80. The number of rotatable bonds is 0. The molecular formula is C3H7O3Si2+. The van der Waals surface area contributed by atoms with Crippen LogP contribution < -0.4 is 0 Å². The van der Waals surface area contributed by atoms with E-state index in [2.05, 4.69) is 0 Å². The SMILES string of the molecule is C[Si]1OC=[O+][Si](C)O1. The molecule has 1 aliphatic heterocycles. The monoisotopic (exact) mass is 147 g/mol. The molecule has 2 radical (unpaired) electrons. The van der Waals surface area contributed by atoms with Gasteiger partial charge in [-0.25, -0.2) is 0 Å². The Morgan fingerprint density at radius 3 is 2.62 bits per heavy atom. The summed E-state index contributed by atoms with van der Waals surface area (Å²) in [6, 6.07) is 0. The molecule has 0 unspecified atom stereocenters. The molecule has 0 atom stereocenters. The summed E-state index contributed by atoms with van der Waals surface area (Å²) in [7, 11) is -1.95. The summed E-state index contributed by atoms with van der Waals surface area (Å²) in [6.07, 6.45) is 0. The molecule has 0 aliphatic carbocycles. The molecule has 44 valence electrons. The standard InChI is InChI=1S/C3H7O3Si2/c1-7-4-3-5-8(2)6-7/h3H,1-2H3/q+1. The molecule has 5 heteroatoms. The highest BCUT2D eigenvalue weighted by atomic mass is 28.4. The summed E-state index contributed by atoms with van der Waals surface area (Å²) in [4.78, 5) is 0. The maximum atomic E-state index is 5.21. The van der Waals surface area contributed by atoms with Crippen molar-refractivity contribution < 1.29 is 12.7 Å². The molecule has 0 N–H and O–H groups in total. The van der Waals surface area contributed by atoms with Crippen LogP contribution in [0.5, 0.6) is 0 Å². The number of hydrogen-bond acceptors (Lipinski definition) is 2. The van der Waals surface area contributed by atoms with E-state index < -0.39 is 18.6 Å². The molecule has 0 aromatic rings. The first-order valence-electron chi connectivity index (χ1n) is 2.29.